The van der Waals surface area contributed by atoms with Crippen LogP contribution in [0.1, 0.15) is 49.2 Å². The Labute approximate surface area is 129 Å². The molecule has 1 amide bonds. The molecule has 0 spiro atoms. The summed E-state index contributed by atoms with van der Waals surface area (Å²) in [7, 11) is 0. The summed E-state index contributed by atoms with van der Waals surface area (Å²) in [5.74, 6) is 0.910. The molecule has 1 aliphatic heterocycles. The number of nitrogens with two attached hydrogens (primary N) is 1. The van der Waals surface area contributed by atoms with E-state index in [-0.39, 0.29) is 5.91 Å². The van der Waals surface area contributed by atoms with Gasteiger partial charge in [-0.1, -0.05) is 25.2 Å². The predicted molar refractivity (Wildman–Crippen MR) is 86.8 cm³/mol. The van der Waals surface area contributed by atoms with E-state index in [0.29, 0.717) is 22.0 Å². The van der Waals surface area contributed by atoms with E-state index >= 15 is 0 Å². The molecule has 0 atom stereocenters. The number of amides is 1. The van der Waals surface area contributed by atoms with Gasteiger partial charge in [-0.3, -0.25) is 4.79 Å². The normalized spacial score (nSPS) is 20.0. The molecule has 5 nitrogen and oxygen atoms in total. The average Bonchev–Trinajstić information content (AvgIpc) is 2.87. The first-order valence-electron chi connectivity index (χ1n) is 7.81. The van der Waals surface area contributed by atoms with E-state index in [4.69, 9.17) is 5.73 Å². The third-order valence-electron chi connectivity index (χ3n) is 4.94. The lowest BCUT2D eigenvalue weighted by molar-refractivity contribution is 0.0944. The van der Waals surface area contributed by atoms with Crippen LogP contribution in [0, 0.1) is 11.3 Å². The lowest BCUT2D eigenvalue weighted by Gasteiger charge is -2.19. The smallest absolute Gasteiger partial charge is 0.265 e. The van der Waals surface area contributed by atoms with E-state index < -0.39 is 0 Å². The van der Waals surface area contributed by atoms with Crippen LogP contribution < -0.4 is 16.0 Å². The molecule has 3 N–H and O–H groups in total. The highest BCUT2D eigenvalue weighted by atomic mass is 32.1. The van der Waals surface area contributed by atoms with Crippen LogP contribution in [0.4, 0.5) is 10.9 Å². The first-order valence-corrected chi connectivity index (χ1v) is 8.63. The van der Waals surface area contributed by atoms with Gasteiger partial charge in [0.15, 0.2) is 5.13 Å². The molecule has 0 unspecified atom stereocenters. The Balaban J connectivity index is 1.64. The quantitative estimate of drug-likeness (QED) is 0.876. The van der Waals surface area contributed by atoms with E-state index in [1.165, 1.54) is 37.0 Å². The molecule has 2 heterocycles. The molecule has 1 aliphatic carbocycles. The highest BCUT2D eigenvalue weighted by Gasteiger charge is 2.45. The SMILES string of the molecule is CC(C)C1(CNC(=O)c2sc(N3CCCC3)nc2N)CC1. The lowest BCUT2D eigenvalue weighted by atomic mass is 9.92. The van der Waals surface area contributed by atoms with Gasteiger partial charge in [0.1, 0.15) is 10.7 Å². The average molecular weight is 308 g/mol. The van der Waals surface area contributed by atoms with Gasteiger partial charge in [0.2, 0.25) is 0 Å². The van der Waals surface area contributed by atoms with E-state index in [1.807, 2.05) is 0 Å². The molecule has 2 fully saturated rings. The maximum atomic E-state index is 12.4. The van der Waals surface area contributed by atoms with Crippen LogP contribution in [-0.4, -0.2) is 30.5 Å². The lowest BCUT2D eigenvalue weighted by Crippen LogP contribution is -2.32. The molecule has 1 aromatic rings. The fraction of sp³-hybridized carbons (Fsp3) is 0.733. The van der Waals surface area contributed by atoms with Gasteiger partial charge >= 0.3 is 0 Å². The highest BCUT2D eigenvalue weighted by Crippen LogP contribution is 2.51. The largest absolute Gasteiger partial charge is 0.382 e. The molecule has 6 heteroatoms. The summed E-state index contributed by atoms with van der Waals surface area (Å²) in [6.45, 7) is 7.24. The molecule has 3 rings (SSSR count). The molecule has 2 aliphatic rings. The zero-order chi connectivity index (χ0) is 15.0. The summed E-state index contributed by atoms with van der Waals surface area (Å²) in [5, 5.41) is 3.95. The van der Waals surface area contributed by atoms with E-state index in [2.05, 4.69) is 29.0 Å². The second-order valence-corrected chi connectivity index (χ2v) is 7.58. The molecule has 1 saturated carbocycles. The van der Waals surface area contributed by atoms with Crippen LogP contribution in [0.2, 0.25) is 0 Å². The Morgan fingerprint density at radius 3 is 2.67 bits per heavy atom. The standard InChI is InChI=1S/C15H24N4OS/c1-10(2)15(5-6-15)9-17-13(20)11-12(16)18-14(21-11)19-7-3-4-8-19/h10H,3-9,16H2,1-2H3,(H,17,20). The summed E-state index contributed by atoms with van der Waals surface area (Å²) in [4.78, 5) is 19.5. The number of carbonyl (C=O) groups excluding carboxylic acids is 1. The molecule has 0 aromatic carbocycles. The fourth-order valence-electron chi connectivity index (χ4n) is 2.98. The van der Waals surface area contributed by atoms with Crippen molar-refractivity contribution < 1.29 is 4.79 Å². The Morgan fingerprint density at radius 1 is 1.43 bits per heavy atom. The van der Waals surface area contributed by atoms with Crippen molar-refractivity contribution in [3.05, 3.63) is 4.88 Å². The van der Waals surface area contributed by atoms with Gasteiger partial charge in [0.05, 0.1) is 0 Å². The fourth-order valence-corrected chi connectivity index (χ4v) is 3.94. The minimum absolute atomic E-state index is 0.0672. The zero-order valence-corrected chi connectivity index (χ0v) is 13.6. The minimum atomic E-state index is -0.0672. The van der Waals surface area contributed by atoms with E-state index in [1.54, 1.807) is 0 Å². The van der Waals surface area contributed by atoms with Crippen molar-refractivity contribution in [1.29, 1.82) is 0 Å². The van der Waals surface area contributed by atoms with Gasteiger partial charge in [-0.25, -0.2) is 4.98 Å². The van der Waals surface area contributed by atoms with Crippen molar-refractivity contribution in [3.63, 3.8) is 0 Å². The number of nitrogens with zero attached hydrogens (tertiary/aromatic N) is 2. The third kappa shape index (κ3) is 2.86. The van der Waals surface area contributed by atoms with Gasteiger partial charge in [-0.15, -0.1) is 0 Å². The first kappa shape index (κ1) is 14.6. The van der Waals surface area contributed by atoms with Gasteiger partial charge in [0, 0.05) is 19.6 Å². The van der Waals surface area contributed by atoms with Crippen LogP contribution in [0.5, 0.6) is 0 Å². The number of thiazole rings is 1. The van der Waals surface area contributed by atoms with Crippen molar-refractivity contribution in [2.75, 3.05) is 30.3 Å². The van der Waals surface area contributed by atoms with Crippen LogP contribution in [-0.2, 0) is 0 Å². The van der Waals surface area contributed by atoms with Crippen molar-refractivity contribution in [2.24, 2.45) is 11.3 Å². The highest BCUT2D eigenvalue weighted by molar-refractivity contribution is 7.18. The molecular formula is C15H24N4OS. The molecule has 1 aromatic heterocycles. The van der Waals surface area contributed by atoms with Crippen LogP contribution in [0.3, 0.4) is 0 Å². The number of nitrogen functional groups attached to an aromatic ring is 1. The van der Waals surface area contributed by atoms with Gasteiger partial charge < -0.3 is 16.0 Å². The summed E-state index contributed by atoms with van der Waals surface area (Å²) in [5.41, 5.74) is 6.25. The molecule has 0 bridgehead atoms. The summed E-state index contributed by atoms with van der Waals surface area (Å²) >= 11 is 1.42. The first-order chi connectivity index (χ1) is 10.0. The monoisotopic (exact) mass is 308 g/mol. The van der Waals surface area contributed by atoms with Gasteiger partial charge in [-0.05, 0) is 37.0 Å². The zero-order valence-electron chi connectivity index (χ0n) is 12.8. The van der Waals surface area contributed by atoms with Crippen LogP contribution in [0.15, 0.2) is 0 Å². The summed E-state index contributed by atoms with van der Waals surface area (Å²) < 4.78 is 0. The second-order valence-electron chi connectivity index (χ2n) is 6.60. The van der Waals surface area contributed by atoms with Gasteiger partial charge in [0.25, 0.3) is 5.91 Å². The van der Waals surface area contributed by atoms with Crippen molar-refractivity contribution in [3.8, 4) is 0 Å². The Bertz CT molecular complexity index is 530. The van der Waals surface area contributed by atoms with Crippen molar-refractivity contribution in [1.82, 2.24) is 10.3 Å². The molecule has 21 heavy (non-hydrogen) atoms. The topological polar surface area (TPSA) is 71.2 Å². The number of hydrogen-bond acceptors (Lipinski definition) is 5. The van der Waals surface area contributed by atoms with Crippen molar-refractivity contribution >= 4 is 28.2 Å². The predicted octanol–water partition coefficient (Wildman–Crippen LogP) is 2.49. The number of aromatic nitrogens is 1. The Hall–Kier alpha value is -1.30. The second kappa shape index (κ2) is 5.48. The number of rotatable bonds is 5. The number of hydrogen-bond donors (Lipinski definition) is 2. The molecular weight excluding hydrogens is 284 g/mol. The summed E-state index contributed by atoms with van der Waals surface area (Å²) in [6, 6.07) is 0. The number of carbonyl (C=O) groups is 1. The Morgan fingerprint density at radius 2 is 2.10 bits per heavy atom. The number of nitrogens with one attached hydrogen (secondary N) is 1. The third-order valence-corrected chi connectivity index (χ3v) is 6.07. The van der Waals surface area contributed by atoms with E-state index in [9.17, 15) is 4.79 Å². The minimum Gasteiger partial charge on any atom is -0.382 e. The molecule has 1 saturated heterocycles. The summed E-state index contributed by atoms with van der Waals surface area (Å²) in [6.07, 6.45) is 4.81. The Kier molecular flexibility index (Phi) is 3.82. The maximum Gasteiger partial charge on any atom is 0.265 e. The van der Waals surface area contributed by atoms with Crippen LogP contribution in [0.25, 0.3) is 0 Å². The maximum absolute atomic E-state index is 12.4. The molecule has 0 radical (unpaired) electrons. The number of anilines is 2. The molecule has 116 valence electrons. The van der Waals surface area contributed by atoms with Gasteiger partial charge in [-0.2, -0.15) is 0 Å². The van der Waals surface area contributed by atoms with E-state index in [0.717, 1.165) is 24.8 Å². The van der Waals surface area contributed by atoms with Crippen molar-refractivity contribution in [2.45, 2.75) is 39.5 Å². The van der Waals surface area contributed by atoms with Crippen LogP contribution >= 0.6 is 11.3 Å².